The summed E-state index contributed by atoms with van der Waals surface area (Å²) in [5.74, 6) is 2.24. The van der Waals surface area contributed by atoms with Gasteiger partial charge in [-0.2, -0.15) is 0 Å². The fourth-order valence-electron chi connectivity index (χ4n) is 3.20. The Balaban J connectivity index is 1.88. The summed E-state index contributed by atoms with van der Waals surface area (Å²) in [5.41, 5.74) is 4.02. The zero-order chi connectivity index (χ0) is 18.8. The Bertz CT molecular complexity index is 987. The second kappa shape index (κ2) is 7.66. The van der Waals surface area contributed by atoms with Gasteiger partial charge in [-0.3, -0.25) is 4.79 Å². The average molecular weight is 371 g/mol. The lowest BCUT2D eigenvalue weighted by atomic mass is 10.0. The molecular formula is C20H26N4OS. The number of benzene rings is 1. The van der Waals surface area contributed by atoms with Gasteiger partial charge in [0.05, 0.1) is 5.52 Å². The summed E-state index contributed by atoms with van der Waals surface area (Å²) in [6, 6.07) is 5.77. The molecule has 26 heavy (non-hydrogen) atoms. The summed E-state index contributed by atoms with van der Waals surface area (Å²) in [4.78, 5) is 16.0. The van der Waals surface area contributed by atoms with Crippen molar-refractivity contribution in [1.29, 1.82) is 0 Å². The molecular weight excluding hydrogens is 344 g/mol. The van der Waals surface area contributed by atoms with E-state index in [0.717, 1.165) is 51.7 Å². The minimum absolute atomic E-state index is 0.0769. The Kier molecular flexibility index (Phi) is 5.51. The molecule has 0 unspecified atom stereocenters. The number of thioether (sulfide) groups is 1. The molecule has 138 valence electrons. The fourth-order valence-corrected chi connectivity index (χ4v) is 4.13. The van der Waals surface area contributed by atoms with Crippen LogP contribution in [0, 0.1) is 19.8 Å². The Morgan fingerprint density at radius 1 is 1.19 bits per heavy atom. The van der Waals surface area contributed by atoms with Crippen LogP contribution < -0.4 is 5.43 Å². The van der Waals surface area contributed by atoms with Gasteiger partial charge in [0.25, 0.3) is 0 Å². The van der Waals surface area contributed by atoms with Crippen molar-refractivity contribution in [2.75, 3.05) is 0 Å². The van der Waals surface area contributed by atoms with Gasteiger partial charge >= 0.3 is 0 Å². The lowest BCUT2D eigenvalue weighted by Crippen LogP contribution is -2.08. The van der Waals surface area contributed by atoms with Crippen LogP contribution in [0.4, 0.5) is 0 Å². The molecule has 5 nitrogen and oxygen atoms in total. The van der Waals surface area contributed by atoms with E-state index in [-0.39, 0.29) is 5.43 Å². The standard InChI is InChI=1S/C20H26N4OS/c1-6-24-17(9-12(2)3)22-23-20(24)26-11-15-10-16(25)18-13(4)7-8-14(5)19(18)21-15/h7-8,10,12H,6,9,11H2,1-5H3,(H,21,25). The summed E-state index contributed by atoms with van der Waals surface area (Å²) in [6.07, 6.45) is 0.923. The molecule has 0 saturated carbocycles. The molecule has 3 aromatic rings. The molecule has 0 bridgehead atoms. The summed E-state index contributed by atoms with van der Waals surface area (Å²) < 4.78 is 2.17. The molecule has 0 aliphatic rings. The van der Waals surface area contributed by atoms with E-state index in [1.807, 2.05) is 19.9 Å². The van der Waals surface area contributed by atoms with E-state index < -0.39 is 0 Å². The highest BCUT2D eigenvalue weighted by molar-refractivity contribution is 7.98. The van der Waals surface area contributed by atoms with Gasteiger partial charge in [0.2, 0.25) is 0 Å². The van der Waals surface area contributed by atoms with E-state index in [0.29, 0.717) is 11.7 Å². The summed E-state index contributed by atoms with van der Waals surface area (Å²) in [6.45, 7) is 11.3. The van der Waals surface area contributed by atoms with Gasteiger partial charge in [-0.25, -0.2) is 0 Å². The first kappa shape index (κ1) is 18.7. The first-order chi connectivity index (χ1) is 12.4. The zero-order valence-corrected chi connectivity index (χ0v) is 16.9. The van der Waals surface area contributed by atoms with Crippen molar-refractivity contribution in [3.8, 4) is 0 Å². The summed E-state index contributed by atoms with van der Waals surface area (Å²) in [7, 11) is 0. The van der Waals surface area contributed by atoms with Crippen LogP contribution >= 0.6 is 11.8 Å². The number of aryl methyl sites for hydroxylation is 2. The van der Waals surface area contributed by atoms with E-state index >= 15 is 0 Å². The number of nitrogens with zero attached hydrogens (tertiary/aromatic N) is 3. The number of H-pyrrole nitrogens is 1. The predicted octanol–water partition coefficient (Wildman–Crippen LogP) is 4.25. The molecule has 0 fully saturated rings. The molecule has 0 amide bonds. The van der Waals surface area contributed by atoms with Crippen LogP contribution in [0.5, 0.6) is 0 Å². The van der Waals surface area contributed by atoms with Gasteiger partial charge in [-0.05, 0) is 37.8 Å². The number of aromatic nitrogens is 4. The highest BCUT2D eigenvalue weighted by atomic mass is 32.2. The van der Waals surface area contributed by atoms with Crippen molar-refractivity contribution in [3.63, 3.8) is 0 Å². The minimum atomic E-state index is 0.0769. The van der Waals surface area contributed by atoms with Gasteiger partial charge < -0.3 is 9.55 Å². The number of pyridine rings is 1. The number of fused-ring (bicyclic) bond motifs is 1. The molecule has 0 aliphatic heterocycles. The van der Waals surface area contributed by atoms with E-state index in [4.69, 9.17) is 0 Å². The largest absolute Gasteiger partial charge is 0.357 e. The third-order valence-electron chi connectivity index (χ3n) is 4.52. The number of nitrogens with one attached hydrogen (secondary N) is 1. The molecule has 6 heteroatoms. The third-order valence-corrected chi connectivity index (χ3v) is 5.53. The molecule has 3 rings (SSSR count). The van der Waals surface area contributed by atoms with Crippen LogP contribution in [0.3, 0.4) is 0 Å². The van der Waals surface area contributed by atoms with E-state index in [1.54, 1.807) is 17.8 Å². The molecule has 0 saturated heterocycles. The van der Waals surface area contributed by atoms with Crippen molar-refractivity contribution >= 4 is 22.7 Å². The Labute approximate surface area is 158 Å². The lowest BCUT2D eigenvalue weighted by molar-refractivity contribution is 0.567. The molecule has 2 aromatic heterocycles. The molecule has 0 aliphatic carbocycles. The Hall–Kier alpha value is -2.08. The quantitative estimate of drug-likeness (QED) is 0.659. The van der Waals surface area contributed by atoms with Crippen molar-refractivity contribution in [2.24, 2.45) is 5.92 Å². The SMILES string of the molecule is CCn1c(CC(C)C)nnc1SCc1cc(=O)c2c(C)ccc(C)c2[nH]1. The number of aromatic amines is 1. The maximum absolute atomic E-state index is 12.6. The highest BCUT2D eigenvalue weighted by Gasteiger charge is 2.14. The summed E-state index contributed by atoms with van der Waals surface area (Å²) in [5, 5.41) is 10.4. The van der Waals surface area contributed by atoms with Crippen molar-refractivity contribution in [1.82, 2.24) is 19.7 Å². The Morgan fingerprint density at radius 3 is 2.62 bits per heavy atom. The highest BCUT2D eigenvalue weighted by Crippen LogP contribution is 2.24. The average Bonchev–Trinajstić information content (AvgIpc) is 2.97. The first-order valence-corrected chi connectivity index (χ1v) is 10.1. The van der Waals surface area contributed by atoms with E-state index in [1.165, 1.54) is 0 Å². The topological polar surface area (TPSA) is 63.6 Å². The molecule has 0 radical (unpaired) electrons. The summed E-state index contributed by atoms with van der Waals surface area (Å²) >= 11 is 1.62. The maximum Gasteiger partial charge on any atom is 0.191 e. The second-order valence-corrected chi connectivity index (χ2v) is 8.08. The normalized spacial score (nSPS) is 11.6. The fraction of sp³-hybridized carbons (Fsp3) is 0.450. The molecule has 1 aromatic carbocycles. The van der Waals surface area contributed by atoms with E-state index in [2.05, 4.69) is 46.6 Å². The number of hydrogen-bond acceptors (Lipinski definition) is 4. The maximum atomic E-state index is 12.6. The first-order valence-electron chi connectivity index (χ1n) is 9.07. The van der Waals surface area contributed by atoms with Crippen LogP contribution in [-0.4, -0.2) is 19.7 Å². The van der Waals surface area contributed by atoms with Gasteiger partial charge in [-0.15, -0.1) is 10.2 Å². The molecule has 1 N–H and O–H groups in total. The van der Waals surface area contributed by atoms with Crippen molar-refractivity contribution < 1.29 is 0 Å². The van der Waals surface area contributed by atoms with E-state index in [9.17, 15) is 4.79 Å². The second-order valence-electron chi connectivity index (χ2n) is 7.14. The van der Waals surface area contributed by atoms with Gasteiger partial charge in [0.1, 0.15) is 5.82 Å². The zero-order valence-electron chi connectivity index (χ0n) is 16.1. The van der Waals surface area contributed by atoms with Crippen molar-refractivity contribution in [2.45, 2.75) is 58.5 Å². The molecule has 0 atom stereocenters. The lowest BCUT2D eigenvalue weighted by Gasteiger charge is -2.10. The van der Waals surface area contributed by atoms with Crippen LogP contribution in [0.2, 0.25) is 0 Å². The third kappa shape index (κ3) is 3.70. The molecule has 0 spiro atoms. The Morgan fingerprint density at radius 2 is 1.92 bits per heavy atom. The van der Waals surface area contributed by atoms with Crippen molar-refractivity contribution in [3.05, 3.63) is 51.1 Å². The van der Waals surface area contributed by atoms with Gasteiger partial charge in [0.15, 0.2) is 10.6 Å². The van der Waals surface area contributed by atoms with Crippen LogP contribution in [0.15, 0.2) is 28.2 Å². The number of hydrogen-bond donors (Lipinski definition) is 1. The monoisotopic (exact) mass is 370 g/mol. The minimum Gasteiger partial charge on any atom is -0.357 e. The predicted molar refractivity (Wildman–Crippen MR) is 108 cm³/mol. The van der Waals surface area contributed by atoms with Gasteiger partial charge in [0, 0.05) is 35.9 Å². The van der Waals surface area contributed by atoms with Crippen LogP contribution in [0.25, 0.3) is 10.9 Å². The van der Waals surface area contributed by atoms with Gasteiger partial charge in [-0.1, -0.05) is 37.7 Å². The number of rotatable bonds is 6. The smallest absolute Gasteiger partial charge is 0.191 e. The van der Waals surface area contributed by atoms with Crippen LogP contribution in [-0.2, 0) is 18.7 Å². The molecule has 2 heterocycles. The van der Waals surface area contributed by atoms with Crippen LogP contribution in [0.1, 0.15) is 43.4 Å².